The summed E-state index contributed by atoms with van der Waals surface area (Å²) in [6.07, 6.45) is -0.775. The van der Waals surface area contributed by atoms with E-state index in [0.29, 0.717) is 0 Å². The molecule has 8 heavy (non-hydrogen) atoms. The first-order valence-corrected chi connectivity index (χ1v) is 2.12. The van der Waals surface area contributed by atoms with Crippen molar-refractivity contribution in [3.8, 4) is 11.8 Å². The van der Waals surface area contributed by atoms with Crippen molar-refractivity contribution in [2.45, 2.75) is 13.0 Å². The van der Waals surface area contributed by atoms with E-state index >= 15 is 0 Å². The van der Waals surface area contributed by atoms with Crippen LogP contribution in [0.1, 0.15) is 6.92 Å². The van der Waals surface area contributed by atoms with Crippen molar-refractivity contribution in [1.82, 2.24) is 0 Å². The molecule has 1 amide bonds. The molecule has 0 aliphatic heterocycles. The number of carbonyl (C=O) groups excluding carboxylic acids is 1. The van der Waals surface area contributed by atoms with E-state index in [9.17, 15) is 4.79 Å². The Kier molecular flexibility index (Phi) is 2.67. The average Bonchev–Trinajstić information content (AvgIpc) is 1.61. The summed E-state index contributed by atoms with van der Waals surface area (Å²) >= 11 is 0. The van der Waals surface area contributed by atoms with Crippen LogP contribution >= 0.6 is 0 Å². The minimum Gasteiger partial charge on any atom is -0.381 e. The Morgan fingerprint density at radius 3 is 2.50 bits per heavy atom. The van der Waals surface area contributed by atoms with Crippen molar-refractivity contribution < 1.29 is 9.90 Å². The third-order valence-corrected chi connectivity index (χ3v) is 0.404. The van der Waals surface area contributed by atoms with Gasteiger partial charge in [-0.15, -0.1) is 0 Å². The van der Waals surface area contributed by atoms with Gasteiger partial charge in [0.05, 0.1) is 0 Å². The van der Waals surface area contributed by atoms with Gasteiger partial charge >= 0.3 is 0 Å². The van der Waals surface area contributed by atoms with Gasteiger partial charge < -0.3 is 10.8 Å². The number of hydrogen-bond acceptors (Lipinski definition) is 2. The number of carbonyl (C=O) groups is 1. The molecular formula is C5H7NO2. The van der Waals surface area contributed by atoms with Crippen LogP contribution in [0.5, 0.6) is 0 Å². The summed E-state index contributed by atoms with van der Waals surface area (Å²) in [5.41, 5.74) is 4.62. The number of rotatable bonds is 0. The van der Waals surface area contributed by atoms with Gasteiger partial charge in [0.25, 0.3) is 5.91 Å². The zero-order valence-electron chi connectivity index (χ0n) is 4.51. The van der Waals surface area contributed by atoms with Gasteiger partial charge in [0, 0.05) is 0 Å². The predicted octanol–water partition coefficient (Wildman–Crippen LogP) is -1.14. The molecule has 1 atom stereocenters. The lowest BCUT2D eigenvalue weighted by atomic mass is 10.4. The van der Waals surface area contributed by atoms with E-state index in [0.717, 1.165) is 0 Å². The van der Waals surface area contributed by atoms with E-state index in [-0.39, 0.29) is 0 Å². The van der Waals surface area contributed by atoms with E-state index in [1.54, 1.807) is 0 Å². The first kappa shape index (κ1) is 6.99. The second-order valence-electron chi connectivity index (χ2n) is 1.31. The standard InChI is InChI=1S/C5H7NO2/c1-4(7)2-3-5(6)8/h4,7H,1H3,(H2,6,8)/t4-/m1/s1. The molecule has 0 radical (unpaired) electrons. The van der Waals surface area contributed by atoms with Crippen molar-refractivity contribution in [2.24, 2.45) is 5.73 Å². The van der Waals surface area contributed by atoms with Crippen LogP contribution in [0.25, 0.3) is 0 Å². The highest BCUT2D eigenvalue weighted by atomic mass is 16.3. The molecule has 0 aromatic heterocycles. The minimum atomic E-state index is -0.775. The molecule has 44 valence electrons. The first-order chi connectivity index (χ1) is 3.63. The van der Waals surface area contributed by atoms with E-state index in [4.69, 9.17) is 5.11 Å². The summed E-state index contributed by atoms with van der Waals surface area (Å²) in [4.78, 5) is 9.84. The minimum absolute atomic E-state index is 0.717. The molecule has 3 N–H and O–H groups in total. The molecule has 0 saturated heterocycles. The number of aliphatic hydroxyl groups is 1. The topological polar surface area (TPSA) is 63.3 Å². The van der Waals surface area contributed by atoms with Crippen LogP contribution in [0.3, 0.4) is 0 Å². The lowest BCUT2D eigenvalue weighted by molar-refractivity contribution is -0.112. The molecule has 0 unspecified atom stereocenters. The third kappa shape index (κ3) is 4.99. The van der Waals surface area contributed by atoms with Crippen LogP contribution < -0.4 is 5.73 Å². The van der Waals surface area contributed by atoms with Gasteiger partial charge in [0.1, 0.15) is 6.10 Å². The Labute approximate surface area is 47.5 Å². The molecule has 0 aromatic carbocycles. The third-order valence-electron chi connectivity index (χ3n) is 0.404. The predicted molar refractivity (Wildman–Crippen MR) is 28.7 cm³/mol. The molecule has 0 rings (SSSR count). The van der Waals surface area contributed by atoms with Gasteiger partial charge in [-0.1, -0.05) is 5.92 Å². The highest BCUT2D eigenvalue weighted by molar-refractivity contribution is 5.91. The fraction of sp³-hybridized carbons (Fsp3) is 0.400. The zero-order valence-corrected chi connectivity index (χ0v) is 4.51. The van der Waals surface area contributed by atoms with Crippen molar-refractivity contribution in [3.05, 3.63) is 0 Å². The maximum atomic E-state index is 9.84. The molecule has 0 heterocycles. The highest BCUT2D eigenvalue weighted by Crippen LogP contribution is 1.70. The second-order valence-corrected chi connectivity index (χ2v) is 1.31. The fourth-order valence-corrected chi connectivity index (χ4v) is 0.176. The molecule has 0 aromatic rings. The van der Waals surface area contributed by atoms with Crippen LogP contribution in [0.4, 0.5) is 0 Å². The monoisotopic (exact) mass is 113 g/mol. The van der Waals surface area contributed by atoms with Gasteiger partial charge in [-0.2, -0.15) is 0 Å². The molecule has 0 bridgehead atoms. The Balaban J connectivity index is 3.68. The Hall–Kier alpha value is -1.01. The number of hydrogen-bond donors (Lipinski definition) is 2. The van der Waals surface area contributed by atoms with Crippen molar-refractivity contribution in [2.75, 3.05) is 0 Å². The summed E-state index contributed by atoms with van der Waals surface area (Å²) < 4.78 is 0. The zero-order chi connectivity index (χ0) is 6.57. The van der Waals surface area contributed by atoms with Crippen molar-refractivity contribution in [1.29, 1.82) is 0 Å². The molecule has 3 heteroatoms. The Morgan fingerprint density at radius 2 is 2.38 bits per heavy atom. The van der Waals surface area contributed by atoms with Crippen LogP contribution in [0.2, 0.25) is 0 Å². The Morgan fingerprint density at radius 1 is 1.88 bits per heavy atom. The molecule has 0 spiro atoms. The van der Waals surface area contributed by atoms with Crippen molar-refractivity contribution in [3.63, 3.8) is 0 Å². The first-order valence-electron chi connectivity index (χ1n) is 2.12. The van der Waals surface area contributed by atoms with Gasteiger partial charge in [-0.05, 0) is 12.8 Å². The van der Waals surface area contributed by atoms with E-state index in [1.165, 1.54) is 6.92 Å². The van der Waals surface area contributed by atoms with Crippen molar-refractivity contribution >= 4 is 5.91 Å². The molecule has 0 aliphatic carbocycles. The number of aliphatic hydroxyl groups excluding tert-OH is 1. The maximum absolute atomic E-state index is 9.84. The molecular weight excluding hydrogens is 106 g/mol. The van der Waals surface area contributed by atoms with Crippen LogP contribution in [-0.2, 0) is 4.79 Å². The lowest BCUT2D eigenvalue weighted by Gasteiger charge is -1.83. The smallest absolute Gasteiger partial charge is 0.293 e. The van der Waals surface area contributed by atoms with Crippen LogP contribution in [0, 0.1) is 11.8 Å². The van der Waals surface area contributed by atoms with Gasteiger partial charge in [-0.25, -0.2) is 0 Å². The summed E-state index contributed by atoms with van der Waals surface area (Å²) in [7, 11) is 0. The quantitative estimate of drug-likeness (QED) is 0.390. The van der Waals surface area contributed by atoms with Gasteiger partial charge in [-0.3, -0.25) is 4.79 Å². The summed E-state index contributed by atoms with van der Waals surface area (Å²) in [5.74, 6) is 3.44. The summed E-state index contributed by atoms with van der Waals surface area (Å²) in [5, 5.41) is 8.42. The number of primary amides is 1. The average molecular weight is 113 g/mol. The SMILES string of the molecule is C[C@@H](O)C#CC(N)=O. The van der Waals surface area contributed by atoms with E-state index in [1.807, 2.05) is 5.92 Å². The molecule has 3 nitrogen and oxygen atoms in total. The van der Waals surface area contributed by atoms with E-state index < -0.39 is 12.0 Å². The second kappa shape index (κ2) is 3.05. The fourth-order valence-electron chi connectivity index (χ4n) is 0.176. The molecule has 0 aliphatic rings. The number of amides is 1. The largest absolute Gasteiger partial charge is 0.381 e. The summed E-state index contributed by atoms with van der Waals surface area (Å²) in [6, 6.07) is 0. The highest BCUT2D eigenvalue weighted by Gasteiger charge is 1.83. The molecule has 0 fully saturated rings. The van der Waals surface area contributed by atoms with E-state index in [2.05, 4.69) is 11.7 Å². The van der Waals surface area contributed by atoms with Gasteiger partial charge in [0.15, 0.2) is 0 Å². The van der Waals surface area contributed by atoms with Crippen LogP contribution in [-0.4, -0.2) is 17.1 Å². The number of nitrogens with two attached hydrogens (primary N) is 1. The summed E-state index contributed by atoms with van der Waals surface area (Å²) in [6.45, 7) is 1.45. The molecule has 0 saturated carbocycles. The lowest BCUT2D eigenvalue weighted by Crippen LogP contribution is -2.07. The maximum Gasteiger partial charge on any atom is 0.293 e. The van der Waals surface area contributed by atoms with Gasteiger partial charge in [0.2, 0.25) is 0 Å². The Bertz CT molecular complexity index is 140. The van der Waals surface area contributed by atoms with Crippen LogP contribution in [0.15, 0.2) is 0 Å². The normalized spacial score (nSPS) is 11.2.